The van der Waals surface area contributed by atoms with Gasteiger partial charge in [0.25, 0.3) is 5.91 Å². The summed E-state index contributed by atoms with van der Waals surface area (Å²) in [4.78, 5) is 29.5. The van der Waals surface area contributed by atoms with Gasteiger partial charge in [0.15, 0.2) is 0 Å². The van der Waals surface area contributed by atoms with Gasteiger partial charge in [-0.15, -0.1) is 0 Å². The number of nitrogens with zero attached hydrogens (tertiary/aromatic N) is 2. The Kier molecular flexibility index (Phi) is 10.3. The Morgan fingerprint density at radius 3 is 2.56 bits per heavy atom. The summed E-state index contributed by atoms with van der Waals surface area (Å²) in [5.74, 6) is 0.218. The lowest BCUT2D eigenvalue weighted by Crippen LogP contribution is -2.47. The molecule has 36 heavy (non-hydrogen) atoms. The van der Waals surface area contributed by atoms with Crippen molar-refractivity contribution in [1.82, 2.24) is 9.80 Å². The van der Waals surface area contributed by atoms with E-state index in [1.165, 1.54) is 12.7 Å². The summed E-state index contributed by atoms with van der Waals surface area (Å²) in [6.45, 7) is 6.84. The first-order chi connectivity index (χ1) is 17.3. The van der Waals surface area contributed by atoms with Crippen LogP contribution in [-0.4, -0.2) is 87.9 Å². The SMILES string of the molecule is COCC(=O)Nc1ccc2c(c1)C(=O)N(C)C[C@@H](OC)[C@H](C)CN(CCc1ccccc1)[C@@H](C)CO2. The summed E-state index contributed by atoms with van der Waals surface area (Å²) in [7, 11) is 4.92. The summed E-state index contributed by atoms with van der Waals surface area (Å²) in [6, 6.07) is 15.7. The fourth-order valence-corrected chi connectivity index (χ4v) is 4.49. The second-order valence-electron chi connectivity index (χ2n) is 9.52. The van der Waals surface area contributed by atoms with E-state index in [1.54, 1.807) is 37.3 Å². The van der Waals surface area contributed by atoms with Crippen LogP contribution in [0.4, 0.5) is 5.69 Å². The third-order valence-electron chi connectivity index (χ3n) is 6.66. The van der Waals surface area contributed by atoms with Crippen LogP contribution in [0.25, 0.3) is 0 Å². The number of carbonyl (C=O) groups is 2. The molecule has 2 aromatic carbocycles. The number of rotatable bonds is 7. The molecule has 2 aromatic rings. The van der Waals surface area contributed by atoms with Gasteiger partial charge < -0.3 is 24.4 Å². The van der Waals surface area contributed by atoms with Gasteiger partial charge in [-0.05, 0) is 43.0 Å². The molecule has 0 radical (unpaired) electrons. The predicted molar refractivity (Wildman–Crippen MR) is 141 cm³/mol. The minimum absolute atomic E-state index is 0.0643. The summed E-state index contributed by atoms with van der Waals surface area (Å²) in [5.41, 5.74) is 2.22. The van der Waals surface area contributed by atoms with E-state index >= 15 is 0 Å². The number of hydrogen-bond acceptors (Lipinski definition) is 6. The zero-order chi connectivity index (χ0) is 26.1. The maximum atomic E-state index is 13.4. The van der Waals surface area contributed by atoms with Gasteiger partial charge in [-0.3, -0.25) is 14.5 Å². The van der Waals surface area contributed by atoms with Crippen molar-refractivity contribution in [2.24, 2.45) is 5.92 Å². The Bertz CT molecular complexity index is 1000. The molecule has 0 aliphatic carbocycles. The average molecular weight is 498 g/mol. The quantitative estimate of drug-likeness (QED) is 0.632. The summed E-state index contributed by atoms with van der Waals surface area (Å²) >= 11 is 0. The van der Waals surface area contributed by atoms with Gasteiger partial charge in [-0.1, -0.05) is 37.3 Å². The Labute approximate surface area is 214 Å². The molecule has 0 bridgehead atoms. The number of hydrogen-bond donors (Lipinski definition) is 1. The number of methoxy groups -OCH3 is 2. The summed E-state index contributed by atoms with van der Waals surface area (Å²) in [6.07, 6.45) is 0.813. The Morgan fingerprint density at radius 2 is 1.86 bits per heavy atom. The number of fused-ring (bicyclic) bond motifs is 1. The van der Waals surface area contributed by atoms with Crippen molar-refractivity contribution < 1.29 is 23.8 Å². The van der Waals surface area contributed by atoms with Crippen LogP contribution in [0, 0.1) is 5.92 Å². The zero-order valence-corrected chi connectivity index (χ0v) is 22.0. The van der Waals surface area contributed by atoms with Crippen molar-refractivity contribution in [2.75, 3.05) is 59.4 Å². The lowest BCUT2D eigenvalue weighted by atomic mass is 10.0. The van der Waals surface area contributed by atoms with Crippen LogP contribution in [0.5, 0.6) is 5.75 Å². The van der Waals surface area contributed by atoms with Crippen LogP contribution in [-0.2, 0) is 20.7 Å². The average Bonchev–Trinajstić information content (AvgIpc) is 2.88. The highest BCUT2D eigenvalue weighted by Gasteiger charge is 2.28. The van der Waals surface area contributed by atoms with Gasteiger partial charge in [0.05, 0.1) is 11.7 Å². The van der Waals surface area contributed by atoms with Crippen molar-refractivity contribution in [1.29, 1.82) is 0 Å². The number of anilines is 1. The van der Waals surface area contributed by atoms with Crippen molar-refractivity contribution in [3.63, 3.8) is 0 Å². The molecule has 3 rings (SSSR count). The highest BCUT2D eigenvalue weighted by molar-refractivity contribution is 5.99. The van der Waals surface area contributed by atoms with Crippen molar-refractivity contribution >= 4 is 17.5 Å². The molecule has 2 amide bonds. The molecule has 1 aliphatic heterocycles. The summed E-state index contributed by atoms with van der Waals surface area (Å²) in [5, 5.41) is 2.77. The first kappa shape index (κ1) is 27.6. The Hall–Kier alpha value is -2.94. The molecular weight excluding hydrogens is 458 g/mol. The highest BCUT2D eigenvalue weighted by atomic mass is 16.5. The topological polar surface area (TPSA) is 80.3 Å². The van der Waals surface area contributed by atoms with Crippen LogP contribution in [0.3, 0.4) is 0 Å². The minimum Gasteiger partial charge on any atom is -0.491 e. The standard InChI is InChI=1S/C28H39N3O5/c1-20-16-31(14-13-22-9-7-6-8-10-22)21(2)18-36-25-12-11-23(29-27(32)19-34-4)15-24(25)28(33)30(3)17-26(20)35-5/h6-12,15,20-21,26H,13-14,16-19H2,1-5H3,(H,29,32)/t20-,21+,26-/m1/s1. The van der Waals surface area contributed by atoms with Gasteiger partial charge in [-0.25, -0.2) is 0 Å². The van der Waals surface area contributed by atoms with Gasteiger partial charge in [0.2, 0.25) is 5.91 Å². The fourth-order valence-electron chi connectivity index (χ4n) is 4.49. The third kappa shape index (κ3) is 7.53. The van der Waals surface area contributed by atoms with Gasteiger partial charge in [0.1, 0.15) is 19.0 Å². The number of carbonyl (C=O) groups excluding carboxylic acids is 2. The number of ether oxygens (including phenoxy) is 3. The lowest BCUT2D eigenvalue weighted by Gasteiger charge is -2.36. The molecule has 1 N–H and O–H groups in total. The van der Waals surface area contributed by atoms with Gasteiger partial charge >= 0.3 is 0 Å². The van der Waals surface area contributed by atoms with Gasteiger partial charge in [0, 0.05) is 52.6 Å². The van der Waals surface area contributed by atoms with Crippen LogP contribution < -0.4 is 10.1 Å². The van der Waals surface area contributed by atoms with Crippen molar-refractivity contribution in [3.8, 4) is 5.75 Å². The molecule has 8 nitrogen and oxygen atoms in total. The van der Waals surface area contributed by atoms with Crippen LogP contribution >= 0.6 is 0 Å². The molecule has 0 fully saturated rings. The van der Waals surface area contributed by atoms with Crippen LogP contribution in [0.15, 0.2) is 48.5 Å². The first-order valence-corrected chi connectivity index (χ1v) is 12.4. The second-order valence-corrected chi connectivity index (χ2v) is 9.52. The Morgan fingerprint density at radius 1 is 1.11 bits per heavy atom. The summed E-state index contributed by atoms with van der Waals surface area (Å²) < 4.78 is 16.9. The third-order valence-corrected chi connectivity index (χ3v) is 6.66. The molecule has 0 aromatic heterocycles. The van der Waals surface area contributed by atoms with E-state index in [0.29, 0.717) is 30.2 Å². The number of likely N-dealkylation sites (N-methyl/N-ethyl adjacent to an activating group) is 1. The molecule has 0 saturated heterocycles. The fraction of sp³-hybridized carbons (Fsp3) is 0.500. The van der Waals surface area contributed by atoms with E-state index < -0.39 is 0 Å². The van der Waals surface area contributed by atoms with Crippen LogP contribution in [0.2, 0.25) is 0 Å². The smallest absolute Gasteiger partial charge is 0.257 e. The molecule has 0 spiro atoms. The maximum Gasteiger partial charge on any atom is 0.257 e. The lowest BCUT2D eigenvalue weighted by molar-refractivity contribution is -0.119. The number of benzene rings is 2. The van der Waals surface area contributed by atoms with Crippen molar-refractivity contribution in [3.05, 3.63) is 59.7 Å². The monoisotopic (exact) mass is 497 g/mol. The normalized spacial score (nSPS) is 21.6. The van der Waals surface area contributed by atoms with E-state index in [9.17, 15) is 9.59 Å². The van der Waals surface area contributed by atoms with Crippen LogP contribution in [0.1, 0.15) is 29.8 Å². The molecule has 1 aliphatic rings. The molecule has 3 atom stereocenters. The first-order valence-electron chi connectivity index (χ1n) is 12.4. The maximum absolute atomic E-state index is 13.4. The number of nitrogens with one attached hydrogen (secondary N) is 1. The predicted octanol–water partition coefficient (Wildman–Crippen LogP) is 3.32. The van der Waals surface area contributed by atoms with Gasteiger partial charge in [-0.2, -0.15) is 0 Å². The zero-order valence-electron chi connectivity index (χ0n) is 22.0. The Balaban J connectivity index is 1.87. The molecule has 0 saturated carbocycles. The molecular formula is C28H39N3O5. The largest absolute Gasteiger partial charge is 0.491 e. The van der Waals surface area contributed by atoms with E-state index in [0.717, 1.165) is 19.5 Å². The number of amides is 2. The minimum atomic E-state index is -0.289. The molecule has 1 heterocycles. The second kappa shape index (κ2) is 13.4. The van der Waals surface area contributed by atoms with E-state index in [-0.39, 0.29) is 36.5 Å². The molecule has 196 valence electrons. The van der Waals surface area contributed by atoms with E-state index in [2.05, 4.69) is 48.3 Å². The molecule has 8 heteroatoms. The highest BCUT2D eigenvalue weighted by Crippen LogP contribution is 2.26. The van der Waals surface area contributed by atoms with E-state index in [1.807, 2.05) is 6.07 Å². The van der Waals surface area contributed by atoms with Crippen molar-refractivity contribution in [2.45, 2.75) is 32.4 Å². The van der Waals surface area contributed by atoms with E-state index in [4.69, 9.17) is 14.2 Å². The molecule has 0 unspecified atom stereocenters.